The maximum absolute atomic E-state index is 12.6. The summed E-state index contributed by atoms with van der Waals surface area (Å²) in [5.41, 5.74) is 0.919. The van der Waals surface area contributed by atoms with Crippen molar-refractivity contribution >= 4 is 10.0 Å². The Labute approximate surface area is 138 Å². The van der Waals surface area contributed by atoms with Crippen molar-refractivity contribution < 1.29 is 13.2 Å². The normalized spacial score (nSPS) is 11.0. The molecule has 0 atom stereocenters. The van der Waals surface area contributed by atoms with Gasteiger partial charge in [0.25, 0.3) is 10.0 Å². The second-order valence-corrected chi connectivity index (χ2v) is 6.61. The number of methoxy groups -OCH3 is 1. The van der Waals surface area contributed by atoms with Gasteiger partial charge >= 0.3 is 0 Å². The largest absolute Gasteiger partial charge is 0.497 e. The number of hydrogen-bond acceptors (Lipinski definition) is 6. The summed E-state index contributed by atoms with van der Waals surface area (Å²) in [5, 5.41) is 12.9. The molecule has 0 radical (unpaired) electrons. The minimum absolute atomic E-state index is 0.0206. The zero-order chi connectivity index (χ0) is 17.2. The summed E-state index contributed by atoms with van der Waals surface area (Å²) in [7, 11) is -2.34. The quantitative estimate of drug-likeness (QED) is 0.721. The lowest BCUT2D eigenvalue weighted by atomic mass is 10.2. The molecule has 0 saturated carbocycles. The standard InChI is InChI=1S/C16H12N4O3S/c1-23-14-7-5-13(6-8-14)16-18-11-20(19-16)24(21,22)15-4-2-3-12(9-15)10-17/h2-9,11H,1H3. The van der Waals surface area contributed by atoms with Crippen molar-refractivity contribution in [2.75, 3.05) is 7.11 Å². The van der Waals surface area contributed by atoms with Crippen LogP contribution in [0.25, 0.3) is 11.4 Å². The van der Waals surface area contributed by atoms with Crippen molar-refractivity contribution in [3.63, 3.8) is 0 Å². The van der Waals surface area contributed by atoms with Crippen molar-refractivity contribution in [3.8, 4) is 23.2 Å². The topological polar surface area (TPSA) is 97.9 Å². The van der Waals surface area contributed by atoms with Gasteiger partial charge in [0, 0.05) is 5.56 Å². The maximum atomic E-state index is 12.6. The number of hydrogen-bond donors (Lipinski definition) is 0. The Morgan fingerprint density at radius 2 is 1.92 bits per heavy atom. The van der Waals surface area contributed by atoms with E-state index in [1.807, 2.05) is 6.07 Å². The summed E-state index contributed by atoms with van der Waals surface area (Å²) in [6.07, 6.45) is 1.13. The molecule has 1 aromatic heterocycles. The second-order valence-electron chi connectivity index (χ2n) is 4.81. The van der Waals surface area contributed by atoms with Crippen LogP contribution in [0.3, 0.4) is 0 Å². The summed E-state index contributed by atoms with van der Waals surface area (Å²) in [5.74, 6) is 0.955. The van der Waals surface area contributed by atoms with E-state index in [4.69, 9.17) is 10.00 Å². The third-order valence-electron chi connectivity index (χ3n) is 3.33. The van der Waals surface area contributed by atoms with E-state index in [0.29, 0.717) is 11.3 Å². The first kappa shape index (κ1) is 15.7. The number of nitriles is 1. The molecule has 0 unspecified atom stereocenters. The summed E-state index contributed by atoms with van der Waals surface area (Å²) in [6.45, 7) is 0. The average molecular weight is 340 g/mol. The molecule has 0 aliphatic carbocycles. The highest BCUT2D eigenvalue weighted by molar-refractivity contribution is 7.89. The van der Waals surface area contributed by atoms with Crippen LogP contribution in [0.5, 0.6) is 5.75 Å². The van der Waals surface area contributed by atoms with Gasteiger partial charge in [-0.15, -0.1) is 9.19 Å². The van der Waals surface area contributed by atoms with Crippen LogP contribution < -0.4 is 4.74 Å². The van der Waals surface area contributed by atoms with Gasteiger partial charge in [0.1, 0.15) is 12.1 Å². The minimum atomic E-state index is -3.90. The van der Waals surface area contributed by atoms with Crippen LogP contribution >= 0.6 is 0 Å². The van der Waals surface area contributed by atoms with Crippen LogP contribution in [0.15, 0.2) is 59.8 Å². The van der Waals surface area contributed by atoms with Gasteiger partial charge in [-0.2, -0.15) is 13.7 Å². The third kappa shape index (κ3) is 2.85. The minimum Gasteiger partial charge on any atom is -0.497 e. The zero-order valence-electron chi connectivity index (χ0n) is 12.6. The van der Waals surface area contributed by atoms with Gasteiger partial charge in [0.15, 0.2) is 5.82 Å². The van der Waals surface area contributed by atoms with Gasteiger partial charge in [-0.05, 0) is 42.5 Å². The Balaban J connectivity index is 1.98. The molecule has 120 valence electrons. The number of rotatable bonds is 4. The lowest BCUT2D eigenvalue weighted by Crippen LogP contribution is -2.13. The number of nitrogens with zero attached hydrogens (tertiary/aromatic N) is 4. The van der Waals surface area contributed by atoms with E-state index >= 15 is 0 Å². The van der Waals surface area contributed by atoms with Crippen LogP contribution in [0.2, 0.25) is 0 Å². The second kappa shape index (κ2) is 6.14. The fraction of sp³-hybridized carbons (Fsp3) is 0.0625. The predicted molar refractivity (Wildman–Crippen MR) is 85.8 cm³/mol. The van der Waals surface area contributed by atoms with Crippen molar-refractivity contribution in [1.29, 1.82) is 5.26 Å². The predicted octanol–water partition coefficient (Wildman–Crippen LogP) is 2.06. The van der Waals surface area contributed by atoms with Crippen molar-refractivity contribution in [2.24, 2.45) is 0 Å². The molecule has 1 heterocycles. The van der Waals surface area contributed by atoms with Gasteiger partial charge in [0.2, 0.25) is 0 Å². The van der Waals surface area contributed by atoms with E-state index in [0.717, 1.165) is 10.4 Å². The molecule has 3 aromatic rings. The molecule has 0 bridgehead atoms. The Morgan fingerprint density at radius 3 is 2.58 bits per heavy atom. The molecule has 0 saturated heterocycles. The van der Waals surface area contributed by atoms with E-state index in [9.17, 15) is 8.42 Å². The molecule has 0 amide bonds. The first-order chi connectivity index (χ1) is 11.5. The zero-order valence-corrected chi connectivity index (χ0v) is 13.4. The molecule has 0 aliphatic rings. The van der Waals surface area contributed by atoms with Crippen molar-refractivity contribution in [2.45, 2.75) is 4.90 Å². The monoisotopic (exact) mass is 340 g/mol. The molecule has 8 heteroatoms. The molecule has 2 aromatic carbocycles. The van der Waals surface area contributed by atoms with Crippen LogP contribution in [-0.4, -0.2) is 29.7 Å². The van der Waals surface area contributed by atoms with Crippen LogP contribution in [0, 0.1) is 11.3 Å². The summed E-state index contributed by atoms with van der Waals surface area (Å²) < 4.78 is 31.0. The molecular weight excluding hydrogens is 328 g/mol. The van der Waals surface area contributed by atoms with E-state index in [2.05, 4.69) is 10.1 Å². The maximum Gasteiger partial charge on any atom is 0.284 e. The van der Waals surface area contributed by atoms with Gasteiger partial charge < -0.3 is 4.74 Å². The lowest BCUT2D eigenvalue weighted by Gasteiger charge is -2.03. The van der Waals surface area contributed by atoms with E-state index in [-0.39, 0.29) is 16.3 Å². The summed E-state index contributed by atoms with van der Waals surface area (Å²) in [6, 6.07) is 14.6. The fourth-order valence-corrected chi connectivity index (χ4v) is 3.17. The van der Waals surface area contributed by atoms with Gasteiger partial charge in [-0.3, -0.25) is 0 Å². The van der Waals surface area contributed by atoms with Crippen LogP contribution in [-0.2, 0) is 10.0 Å². The molecule has 24 heavy (non-hydrogen) atoms. The van der Waals surface area contributed by atoms with Gasteiger partial charge in [-0.1, -0.05) is 6.07 Å². The first-order valence-corrected chi connectivity index (χ1v) is 8.30. The number of ether oxygens (including phenoxy) is 1. The molecular formula is C16H12N4O3S. The van der Waals surface area contributed by atoms with E-state index < -0.39 is 10.0 Å². The Kier molecular flexibility index (Phi) is 4.02. The van der Waals surface area contributed by atoms with Crippen LogP contribution in [0.1, 0.15) is 5.56 Å². The highest BCUT2D eigenvalue weighted by Gasteiger charge is 2.19. The molecule has 0 aliphatic heterocycles. The van der Waals surface area contributed by atoms with Crippen molar-refractivity contribution in [1.82, 2.24) is 14.2 Å². The van der Waals surface area contributed by atoms with Crippen molar-refractivity contribution in [3.05, 3.63) is 60.4 Å². The van der Waals surface area contributed by atoms with E-state index in [1.165, 1.54) is 24.3 Å². The Hall–Kier alpha value is -3.18. The number of benzene rings is 2. The number of aromatic nitrogens is 3. The molecule has 3 rings (SSSR count). The molecule has 0 spiro atoms. The SMILES string of the molecule is COc1ccc(-c2ncn(S(=O)(=O)c3cccc(C#N)c3)n2)cc1. The summed E-state index contributed by atoms with van der Waals surface area (Å²) in [4.78, 5) is 4.02. The fourth-order valence-electron chi connectivity index (χ4n) is 2.07. The van der Waals surface area contributed by atoms with Gasteiger partial charge in [0.05, 0.1) is 23.6 Å². The first-order valence-electron chi connectivity index (χ1n) is 6.86. The molecule has 0 N–H and O–H groups in total. The molecule has 7 nitrogen and oxygen atoms in total. The highest BCUT2D eigenvalue weighted by Crippen LogP contribution is 2.20. The third-order valence-corrected chi connectivity index (χ3v) is 4.85. The van der Waals surface area contributed by atoms with E-state index in [1.54, 1.807) is 31.4 Å². The van der Waals surface area contributed by atoms with Crippen LogP contribution in [0.4, 0.5) is 0 Å². The smallest absolute Gasteiger partial charge is 0.284 e. The Bertz CT molecular complexity index is 1020. The average Bonchev–Trinajstić information content (AvgIpc) is 3.13. The molecule has 0 fully saturated rings. The highest BCUT2D eigenvalue weighted by atomic mass is 32.2. The Morgan fingerprint density at radius 1 is 1.17 bits per heavy atom. The lowest BCUT2D eigenvalue weighted by molar-refractivity contribution is 0.415. The van der Waals surface area contributed by atoms with Gasteiger partial charge in [-0.25, -0.2) is 4.98 Å². The summed E-state index contributed by atoms with van der Waals surface area (Å²) >= 11 is 0.